The minimum absolute atomic E-state index is 0.0168. The van der Waals surface area contributed by atoms with E-state index in [-0.39, 0.29) is 16.7 Å². The second kappa shape index (κ2) is 8.63. The van der Waals surface area contributed by atoms with Gasteiger partial charge in [0.05, 0.1) is 10.6 Å². The van der Waals surface area contributed by atoms with Crippen LogP contribution in [0.2, 0.25) is 0 Å². The van der Waals surface area contributed by atoms with E-state index in [0.29, 0.717) is 22.8 Å². The molecule has 8 heteroatoms. The van der Waals surface area contributed by atoms with Gasteiger partial charge in [0.1, 0.15) is 11.4 Å². The Kier molecular flexibility index (Phi) is 5.88. The van der Waals surface area contributed by atoms with Crippen LogP contribution >= 0.6 is 0 Å². The highest BCUT2D eigenvalue weighted by Crippen LogP contribution is 2.32. The molecule has 0 spiro atoms. The SMILES string of the molecule is Cc1cccc(C)c1NS(=O)(=O)c1ccc(/C=C\c2onc(C)c2NC(=O)C2CC2)cc1. The van der Waals surface area contributed by atoms with Crippen LogP contribution in [-0.4, -0.2) is 19.5 Å². The second-order valence-corrected chi connectivity index (χ2v) is 9.73. The van der Waals surface area contributed by atoms with Crippen LogP contribution in [-0.2, 0) is 14.8 Å². The standard InChI is InChI=1S/C24H25N3O4S/c1-15-5-4-6-16(2)22(15)27-32(29,30)20-12-7-18(8-13-20)9-14-21-23(17(3)26-31-21)25-24(28)19-10-11-19/h4-9,12-14,19,27H,10-11H2,1-3H3,(H,25,28)/b14-9-. The van der Waals surface area contributed by atoms with E-state index in [0.717, 1.165) is 29.5 Å². The van der Waals surface area contributed by atoms with E-state index in [2.05, 4.69) is 15.2 Å². The molecule has 1 aliphatic rings. The molecular weight excluding hydrogens is 426 g/mol. The predicted molar refractivity (Wildman–Crippen MR) is 125 cm³/mol. The molecule has 166 valence electrons. The number of sulfonamides is 1. The van der Waals surface area contributed by atoms with Gasteiger partial charge < -0.3 is 9.84 Å². The topological polar surface area (TPSA) is 101 Å². The zero-order chi connectivity index (χ0) is 22.9. The van der Waals surface area contributed by atoms with E-state index in [1.54, 1.807) is 43.3 Å². The van der Waals surface area contributed by atoms with Crippen LogP contribution in [0.1, 0.15) is 41.0 Å². The molecule has 0 radical (unpaired) electrons. The average molecular weight is 452 g/mol. The van der Waals surface area contributed by atoms with Crippen molar-refractivity contribution in [3.63, 3.8) is 0 Å². The molecule has 1 saturated carbocycles. The van der Waals surface area contributed by atoms with Crippen molar-refractivity contribution in [3.05, 3.63) is 70.6 Å². The molecule has 0 aliphatic heterocycles. The number of nitrogens with one attached hydrogen (secondary N) is 2. The van der Waals surface area contributed by atoms with Crippen LogP contribution in [0, 0.1) is 26.7 Å². The summed E-state index contributed by atoms with van der Waals surface area (Å²) in [4.78, 5) is 12.3. The van der Waals surface area contributed by atoms with Gasteiger partial charge in [-0.3, -0.25) is 9.52 Å². The number of carbonyl (C=O) groups excluding carboxylic acids is 1. The normalized spacial score (nSPS) is 14.0. The lowest BCUT2D eigenvalue weighted by molar-refractivity contribution is -0.117. The van der Waals surface area contributed by atoms with E-state index in [9.17, 15) is 13.2 Å². The Bertz CT molecular complexity index is 1270. The summed E-state index contributed by atoms with van der Waals surface area (Å²) in [5, 5.41) is 6.82. The highest BCUT2D eigenvalue weighted by atomic mass is 32.2. The minimum Gasteiger partial charge on any atom is -0.354 e. The molecule has 0 saturated heterocycles. The first-order valence-corrected chi connectivity index (χ1v) is 11.9. The number of aryl methyl sites for hydroxylation is 3. The first-order chi connectivity index (χ1) is 15.2. The molecule has 1 heterocycles. The Morgan fingerprint density at radius 2 is 1.66 bits per heavy atom. The molecule has 32 heavy (non-hydrogen) atoms. The van der Waals surface area contributed by atoms with Crippen LogP contribution in [0.25, 0.3) is 12.2 Å². The van der Waals surface area contributed by atoms with Crippen LogP contribution in [0.3, 0.4) is 0 Å². The van der Waals surface area contributed by atoms with E-state index >= 15 is 0 Å². The number of carbonyl (C=O) groups is 1. The van der Waals surface area contributed by atoms with Gasteiger partial charge in [-0.15, -0.1) is 0 Å². The monoisotopic (exact) mass is 451 g/mol. The quantitative estimate of drug-likeness (QED) is 0.531. The molecule has 2 N–H and O–H groups in total. The predicted octanol–water partition coefficient (Wildman–Crippen LogP) is 4.92. The number of amides is 1. The third-order valence-electron chi connectivity index (χ3n) is 5.42. The summed E-state index contributed by atoms with van der Waals surface area (Å²) < 4.78 is 33.6. The summed E-state index contributed by atoms with van der Waals surface area (Å²) in [5.74, 6) is 0.509. The van der Waals surface area contributed by atoms with Gasteiger partial charge in [0.15, 0.2) is 5.76 Å². The highest BCUT2D eigenvalue weighted by Gasteiger charge is 2.30. The Labute approximate surface area is 187 Å². The van der Waals surface area contributed by atoms with Crippen molar-refractivity contribution in [1.29, 1.82) is 0 Å². The molecule has 1 aliphatic carbocycles. The summed E-state index contributed by atoms with van der Waals surface area (Å²) in [6.45, 7) is 5.50. The van der Waals surface area contributed by atoms with Crippen LogP contribution in [0.15, 0.2) is 51.9 Å². The first-order valence-electron chi connectivity index (χ1n) is 10.4. The average Bonchev–Trinajstić information content (AvgIpc) is 3.56. The van der Waals surface area contributed by atoms with Gasteiger partial charge in [-0.25, -0.2) is 8.42 Å². The van der Waals surface area contributed by atoms with Gasteiger partial charge in [0.2, 0.25) is 5.91 Å². The number of benzene rings is 2. The summed E-state index contributed by atoms with van der Waals surface area (Å²) in [5.41, 5.74) is 4.27. The maximum atomic E-state index is 12.8. The van der Waals surface area contributed by atoms with Crippen molar-refractivity contribution in [1.82, 2.24) is 5.16 Å². The molecular formula is C24H25N3O4S. The summed E-state index contributed by atoms with van der Waals surface area (Å²) in [7, 11) is -3.71. The lowest BCUT2D eigenvalue weighted by Crippen LogP contribution is -2.14. The van der Waals surface area contributed by atoms with Crippen molar-refractivity contribution in [3.8, 4) is 0 Å². The van der Waals surface area contributed by atoms with Gasteiger partial charge in [-0.05, 0) is 68.5 Å². The zero-order valence-electron chi connectivity index (χ0n) is 18.2. The van der Waals surface area contributed by atoms with E-state index in [1.165, 1.54) is 0 Å². The van der Waals surface area contributed by atoms with Crippen LogP contribution < -0.4 is 10.0 Å². The first kappa shape index (κ1) is 21.8. The molecule has 0 bridgehead atoms. The van der Waals surface area contributed by atoms with Crippen molar-refractivity contribution < 1.29 is 17.7 Å². The summed E-state index contributed by atoms with van der Waals surface area (Å²) in [6.07, 6.45) is 5.31. The Hall–Kier alpha value is -3.39. The van der Waals surface area contributed by atoms with Crippen molar-refractivity contribution in [2.24, 2.45) is 5.92 Å². The van der Waals surface area contributed by atoms with Crippen LogP contribution in [0.5, 0.6) is 0 Å². The molecule has 1 amide bonds. The van der Waals surface area contributed by atoms with Gasteiger partial charge in [-0.1, -0.05) is 41.6 Å². The van der Waals surface area contributed by atoms with Gasteiger partial charge in [0, 0.05) is 5.92 Å². The van der Waals surface area contributed by atoms with E-state index in [1.807, 2.05) is 32.0 Å². The Morgan fingerprint density at radius 1 is 1.00 bits per heavy atom. The highest BCUT2D eigenvalue weighted by molar-refractivity contribution is 7.92. The zero-order valence-corrected chi connectivity index (χ0v) is 19.0. The molecule has 7 nitrogen and oxygen atoms in total. The number of rotatable bonds is 7. The van der Waals surface area contributed by atoms with Crippen molar-refractivity contribution in [2.45, 2.75) is 38.5 Å². The fourth-order valence-electron chi connectivity index (χ4n) is 3.32. The largest absolute Gasteiger partial charge is 0.354 e. The third kappa shape index (κ3) is 4.75. The molecule has 4 rings (SSSR count). The molecule has 0 unspecified atom stereocenters. The van der Waals surface area contributed by atoms with Gasteiger partial charge >= 0.3 is 0 Å². The van der Waals surface area contributed by atoms with Crippen molar-refractivity contribution >= 4 is 39.5 Å². The van der Waals surface area contributed by atoms with Crippen molar-refractivity contribution in [2.75, 3.05) is 10.0 Å². The number of anilines is 2. The number of aromatic nitrogens is 1. The molecule has 1 aromatic heterocycles. The van der Waals surface area contributed by atoms with Crippen LogP contribution in [0.4, 0.5) is 11.4 Å². The lowest BCUT2D eigenvalue weighted by atomic mass is 10.1. The number of para-hydroxylation sites is 1. The minimum atomic E-state index is -3.71. The smallest absolute Gasteiger partial charge is 0.261 e. The number of hydrogen-bond acceptors (Lipinski definition) is 5. The molecule has 1 fully saturated rings. The second-order valence-electron chi connectivity index (χ2n) is 8.05. The van der Waals surface area contributed by atoms with E-state index in [4.69, 9.17) is 4.52 Å². The maximum absolute atomic E-state index is 12.8. The number of nitrogens with zero attached hydrogens (tertiary/aromatic N) is 1. The Morgan fingerprint density at radius 3 is 2.28 bits per heavy atom. The fraction of sp³-hybridized carbons (Fsp3) is 0.250. The summed E-state index contributed by atoms with van der Waals surface area (Å²) >= 11 is 0. The third-order valence-corrected chi connectivity index (χ3v) is 6.79. The summed E-state index contributed by atoms with van der Waals surface area (Å²) in [6, 6.07) is 12.1. The maximum Gasteiger partial charge on any atom is 0.261 e. The fourth-order valence-corrected chi connectivity index (χ4v) is 4.53. The van der Waals surface area contributed by atoms with Gasteiger partial charge in [0.25, 0.3) is 10.0 Å². The Balaban J connectivity index is 1.50. The lowest BCUT2D eigenvalue weighted by Gasteiger charge is -2.13. The molecule has 3 aromatic rings. The molecule has 0 atom stereocenters. The number of hydrogen-bond donors (Lipinski definition) is 2. The van der Waals surface area contributed by atoms with E-state index < -0.39 is 10.0 Å². The molecule has 2 aromatic carbocycles. The van der Waals surface area contributed by atoms with Gasteiger partial charge in [-0.2, -0.15) is 0 Å².